The molecule has 0 saturated carbocycles. The molecule has 2 heterocycles. The van der Waals surface area contributed by atoms with Crippen molar-refractivity contribution in [1.29, 1.82) is 10.8 Å². The first-order valence-electron chi connectivity index (χ1n) is 6.20. The number of nitrogens with one attached hydrogen (secondary N) is 4. The SMILES string of the molecule is C[C@H](C=O)N/C(C=N)=C/C(=N)c1c[nH]c2ncc(Cl)cc12. The number of carbonyl (C=O) groups is 1. The molecule has 0 radical (unpaired) electrons. The summed E-state index contributed by atoms with van der Waals surface area (Å²) in [5, 5.41) is 19.5. The molecule has 2 aromatic heterocycles. The molecule has 0 amide bonds. The molecule has 2 rings (SSSR count). The van der Waals surface area contributed by atoms with Gasteiger partial charge in [0.05, 0.1) is 22.5 Å². The molecule has 0 aromatic carbocycles. The molecule has 2 aromatic rings. The Balaban J connectivity index is 2.35. The Labute approximate surface area is 126 Å². The van der Waals surface area contributed by atoms with Gasteiger partial charge in [0.2, 0.25) is 0 Å². The van der Waals surface area contributed by atoms with Gasteiger partial charge in [-0.1, -0.05) is 11.6 Å². The van der Waals surface area contributed by atoms with E-state index >= 15 is 0 Å². The predicted octanol–water partition coefficient (Wildman–Crippen LogP) is 2.29. The van der Waals surface area contributed by atoms with Crippen LogP contribution in [0, 0.1) is 10.8 Å². The van der Waals surface area contributed by atoms with Crippen molar-refractivity contribution >= 4 is 40.8 Å². The molecule has 0 aliphatic carbocycles. The molecule has 7 heteroatoms. The van der Waals surface area contributed by atoms with Crippen molar-refractivity contribution in [1.82, 2.24) is 15.3 Å². The van der Waals surface area contributed by atoms with Crippen LogP contribution in [0.1, 0.15) is 12.5 Å². The van der Waals surface area contributed by atoms with Crippen LogP contribution in [0.4, 0.5) is 0 Å². The molecule has 0 saturated heterocycles. The van der Waals surface area contributed by atoms with Gasteiger partial charge >= 0.3 is 0 Å². The number of allylic oxidation sites excluding steroid dienone is 2. The highest BCUT2D eigenvalue weighted by atomic mass is 35.5. The number of aromatic amines is 1. The summed E-state index contributed by atoms with van der Waals surface area (Å²) in [4.78, 5) is 17.7. The number of nitrogens with zero attached hydrogens (tertiary/aromatic N) is 1. The predicted molar refractivity (Wildman–Crippen MR) is 83.5 cm³/mol. The van der Waals surface area contributed by atoms with Gasteiger partial charge in [0.15, 0.2) is 0 Å². The summed E-state index contributed by atoms with van der Waals surface area (Å²) in [6.07, 6.45) is 6.47. The van der Waals surface area contributed by atoms with Crippen LogP contribution in [0.5, 0.6) is 0 Å². The van der Waals surface area contributed by atoms with Gasteiger partial charge in [-0.15, -0.1) is 0 Å². The van der Waals surface area contributed by atoms with E-state index in [0.29, 0.717) is 21.9 Å². The Bertz CT molecular complexity index is 734. The van der Waals surface area contributed by atoms with Gasteiger partial charge in [0.1, 0.15) is 11.9 Å². The zero-order valence-corrected chi connectivity index (χ0v) is 12.0. The maximum atomic E-state index is 10.6. The summed E-state index contributed by atoms with van der Waals surface area (Å²) in [6, 6.07) is 1.30. The third-order valence-corrected chi connectivity index (χ3v) is 3.05. The molecule has 108 valence electrons. The second-order valence-electron chi connectivity index (χ2n) is 4.48. The standard InChI is InChI=1S/C14H14ClN5O/c1-8(7-21)20-10(4-16)3-13(17)12-6-19-14-11(12)2-9(15)5-18-14/h2-8,16-17,20H,1H3,(H,18,19)/b10-3+,16-4?,17-13?/t8-/m1/s1. The Kier molecular flexibility index (Phi) is 4.49. The number of halogens is 1. The molecule has 6 nitrogen and oxygen atoms in total. The average Bonchev–Trinajstić information content (AvgIpc) is 2.89. The number of pyridine rings is 1. The minimum Gasteiger partial charge on any atom is -0.375 e. The number of hydrogen-bond donors (Lipinski definition) is 4. The number of carbonyl (C=O) groups excluding carboxylic acids is 1. The second-order valence-corrected chi connectivity index (χ2v) is 4.92. The van der Waals surface area contributed by atoms with Crippen molar-refractivity contribution in [3.63, 3.8) is 0 Å². The summed E-state index contributed by atoms with van der Waals surface area (Å²) >= 11 is 5.92. The van der Waals surface area contributed by atoms with Crippen LogP contribution in [0.25, 0.3) is 11.0 Å². The Morgan fingerprint density at radius 2 is 2.33 bits per heavy atom. The first-order valence-corrected chi connectivity index (χ1v) is 6.58. The van der Waals surface area contributed by atoms with Crippen LogP contribution in [0.3, 0.4) is 0 Å². The van der Waals surface area contributed by atoms with E-state index in [1.54, 1.807) is 19.2 Å². The largest absolute Gasteiger partial charge is 0.375 e. The van der Waals surface area contributed by atoms with E-state index in [0.717, 1.165) is 17.9 Å². The summed E-state index contributed by atoms with van der Waals surface area (Å²) in [7, 11) is 0. The Morgan fingerprint density at radius 1 is 1.57 bits per heavy atom. The van der Waals surface area contributed by atoms with Gasteiger partial charge in [-0.3, -0.25) is 0 Å². The topological polar surface area (TPSA) is 105 Å². The van der Waals surface area contributed by atoms with E-state index in [1.165, 1.54) is 12.3 Å². The van der Waals surface area contributed by atoms with Gasteiger partial charge < -0.3 is 25.9 Å². The molecule has 0 aliphatic heterocycles. The van der Waals surface area contributed by atoms with Gasteiger partial charge in [0.25, 0.3) is 0 Å². The van der Waals surface area contributed by atoms with Crippen LogP contribution in [-0.4, -0.2) is 34.2 Å². The minimum absolute atomic E-state index is 0.189. The lowest BCUT2D eigenvalue weighted by Crippen LogP contribution is -2.27. The molecule has 0 unspecified atom stereocenters. The van der Waals surface area contributed by atoms with Gasteiger partial charge in [-0.05, 0) is 19.1 Å². The maximum absolute atomic E-state index is 10.6. The monoisotopic (exact) mass is 303 g/mol. The van der Waals surface area contributed by atoms with E-state index in [4.69, 9.17) is 22.4 Å². The van der Waals surface area contributed by atoms with Gasteiger partial charge in [0, 0.05) is 29.6 Å². The summed E-state index contributed by atoms with van der Waals surface area (Å²) in [5.74, 6) is 0. The fraction of sp³-hybridized carbons (Fsp3) is 0.143. The third-order valence-electron chi connectivity index (χ3n) is 2.84. The lowest BCUT2D eigenvalue weighted by Gasteiger charge is -2.09. The van der Waals surface area contributed by atoms with Crippen molar-refractivity contribution in [3.8, 4) is 0 Å². The van der Waals surface area contributed by atoms with Crippen LogP contribution < -0.4 is 5.32 Å². The number of fused-ring (bicyclic) bond motifs is 1. The molecule has 1 atom stereocenters. The Hall–Kier alpha value is -2.47. The van der Waals surface area contributed by atoms with Gasteiger partial charge in [-0.25, -0.2) is 4.98 Å². The van der Waals surface area contributed by atoms with Crippen LogP contribution in [-0.2, 0) is 4.79 Å². The van der Waals surface area contributed by atoms with Crippen molar-refractivity contribution in [3.05, 3.63) is 40.8 Å². The molecule has 0 spiro atoms. The molecule has 0 bridgehead atoms. The van der Waals surface area contributed by atoms with E-state index in [2.05, 4.69) is 15.3 Å². The van der Waals surface area contributed by atoms with E-state index in [9.17, 15) is 4.79 Å². The number of aldehydes is 1. The van der Waals surface area contributed by atoms with Crippen molar-refractivity contribution in [2.45, 2.75) is 13.0 Å². The fourth-order valence-electron chi connectivity index (χ4n) is 1.86. The van der Waals surface area contributed by atoms with Crippen molar-refractivity contribution in [2.24, 2.45) is 0 Å². The number of aromatic nitrogens is 2. The molecule has 4 N–H and O–H groups in total. The number of hydrogen-bond acceptors (Lipinski definition) is 5. The van der Waals surface area contributed by atoms with E-state index in [-0.39, 0.29) is 5.71 Å². The highest BCUT2D eigenvalue weighted by molar-refractivity contribution is 6.31. The lowest BCUT2D eigenvalue weighted by molar-refractivity contribution is -0.109. The molecule has 21 heavy (non-hydrogen) atoms. The van der Waals surface area contributed by atoms with Crippen molar-refractivity contribution < 1.29 is 4.79 Å². The normalized spacial score (nSPS) is 13.0. The first-order chi connectivity index (χ1) is 10.0. The lowest BCUT2D eigenvalue weighted by atomic mass is 10.1. The van der Waals surface area contributed by atoms with Crippen LogP contribution in [0.2, 0.25) is 5.02 Å². The number of H-pyrrole nitrogens is 1. The van der Waals surface area contributed by atoms with E-state index in [1.807, 2.05) is 0 Å². The maximum Gasteiger partial charge on any atom is 0.141 e. The molecule has 0 aliphatic rings. The van der Waals surface area contributed by atoms with E-state index < -0.39 is 6.04 Å². The second kappa shape index (κ2) is 6.32. The Morgan fingerprint density at radius 3 is 3.00 bits per heavy atom. The van der Waals surface area contributed by atoms with Crippen LogP contribution in [0.15, 0.2) is 30.2 Å². The highest BCUT2D eigenvalue weighted by Gasteiger charge is 2.10. The van der Waals surface area contributed by atoms with Gasteiger partial charge in [-0.2, -0.15) is 0 Å². The first kappa shape index (κ1) is 14.9. The summed E-state index contributed by atoms with van der Waals surface area (Å²) < 4.78 is 0. The number of rotatable bonds is 6. The average molecular weight is 304 g/mol. The smallest absolute Gasteiger partial charge is 0.141 e. The summed E-state index contributed by atoms with van der Waals surface area (Å²) in [6.45, 7) is 1.67. The quantitative estimate of drug-likeness (QED) is 0.486. The summed E-state index contributed by atoms with van der Waals surface area (Å²) in [5.41, 5.74) is 1.83. The van der Waals surface area contributed by atoms with Crippen molar-refractivity contribution in [2.75, 3.05) is 0 Å². The zero-order valence-electron chi connectivity index (χ0n) is 11.3. The zero-order chi connectivity index (χ0) is 15.4. The molecular formula is C14H14ClN5O. The minimum atomic E-state index is -0.426. The highest BCUT2D eigenvalue weighted by Crippen LogP contribution is 2.21. The third kappa shape index (κ3) is 3.35. The molecule has 0 fully saturated rings. The van der Waals surface area contributed by atoms with Crippen LogP contribution >= 0.6 is 11.6 Å². The fourth-order valence-corrected chi connectivity index (χ4v) is 2.01. The molecular weight excluding hydrogens is 290 g/mol.